The Morgan fingerprint density at radius 2 is 1.78 bits per heavy atom. The Hall–Kier alpha value is -2.66. The number of alkyl halides is 3. The minimum Gasteiger partial charge on any atom is -0.306 e. The summed E-state index contributed by atoms with van der Waals surface area (Å²) in [6, 6.07) is 10.1. The molecule has 0 bridgehead atoms. The van der Waals surface area contributed by atoms with E-state index < -0.39 is 40.0 Å². The maximum Gasteiger partial charge on any atom is 0.421 e. The zero-order valence-corrected chi connectivity index (χ0v) is 14.9. The van der Waals surface area contributed by atoms with Gasteiger partial charge in [-0.25, -0.2) is 4.72 Å². The fraction of sp³-hybridized carbons (Fsp3) is 0.250. The van der Waals surface area contributed by atoms with Gasteiger partial charge in [-0.05, 0) is 17.7 Å². The maximum absolute atomic E-state index is 12.7. The van der Waals surface area contributed by atoms with E-state index in [9.17, 15) is 31.2 Å². The van der Waals surface area contributed by atoms with Crippen LogP contribution in [0, 0.1) is 0 Å². The van der Waals surface area contributed by atoms with Crippen molar-refractivity contribution in [2.45, 2.75) is 19.3 Å². The van der Waals surface area contributed by atoms with E-state index in [2.05, 4.69) is 0 Å². The van der Waals surface area contributed by atoms with Gasteiger partial charge in [0.2, 0.25) is 0 Å². The monoisotopic (exact) mass is 403 g/mol. The second-order valence-corrected chi connectivity index (χ2v) is 7.40. The number of nitrogens with one attached hydrogen (secondary N) is 1. The average molecular weight is 403 g/mol. The van der Waals surface area contributed by atoms with Crippen LogP contribution in [0.2, 0.25) is 0 Å². The minimum atomic E-state index is -4.88. The lowest BCUT2D eigenvalue weighted by atomic mass is 10.2. The van der Waals surface area contributed by atoms with Gasteiger partial charge in [-0.2, -0.15) is 25.9 Å². The minimum absolute atomic E-state index is 0.0209. The Morgan fingerprint density at radius 1 is 1.15 bits per heavy atom. The number of pyridine rings is 1. The Balaban J connectivity index is 2.10. The largest absolute Gasteiger partial charge is 0.421 e. The van der Waals surface area contributed by atoms with Gasteiger partial charge in [0.15, 0.2) is 0 Å². The second-order valence-electron chi connectivity index (χ2n) is 5.62. The molecule has 0 unspecified atom stereocenters. The summed E-state index contributed by atoms with van der Waals surface area (Å²) in [5, 5.41) is 0. The molecule has 1 amide bonds. The molecule has 0 aliphatic heterocycles. The molecule has 146 valence electrons. The highest BCUT2D eigenvalue weighted by molar-refractivity contribution is 7.87. The Kier molecular flexibility index (Phi) is 6.06. The van der Waals surface area contributed by atoms with Crippen LogP contribution in [0.1, 0.15) is 11.1 Å². The number of amides is 1. The number of hydrogen-bond acceptors (Lipinski definition) is 4. The van der Waals surface area contributed by atoms with Gasteiger partial charge in [0, 0.05) is 19.8 Å². The van der Waals surface area contributed by atoms with Gasteiger partial charge >= 0.3 is 16.4 Å². The first-order chi connectivity index (χ1) is 12.5. The number of aromatic nitrogens is 1. The van der Waals surface area contributed by atoms with E-state index in [0.717, 1.165) is 16.6 Å². The lowest BCUT2D eigenvalue weighted by Gasteiger charge is -2.18. The predicted molar refractivity (Wildman–Crippen MR) is 90.7 cm³/mol. The predicted octanol–water partition coefficient (Wildman–Crippen LogP) is 1.36. The third-order valence-electron chi connectivity index (χ3n) is 3.54. The molecule has 0 saturated carbocycles. The van der Waals surface area contributed by atoms with Crippen molar-refractivity contribution in [3.8, 4) is 0 Å². The summed E-state index contributed by atoms with van der Waals surface area (Å²) in [4.78, 5) is 23.7. The van der Waals surface area contributed by atoms with Crippen molar-refractivity contribution in [3.63, 3.8) is 0 Å². The Labute approximate surface area is 153 Å². The molecule has 2 aromatic rings. The first-order valence-electron chi connectivity index (χ1n) is 7.58. The molecule has 7 nitrogen and oxygen atoms in total. The van der Waals surface area contributed by atoms with Crippen molar-refractivity contribution < 1.29 is 26.4 Å². The van der Waals surface area contributed by atoms with Crippen LogP contribution < -0.4 is 10.3 Å². The SMILES string of the molecule is CN(Cc1ccccc1)S(=O)(=O)NC(=O)Cn1cccc(C(F)(F)F)c1=O. The van der Waals surface area contributed by atoms with Crippen LogP contribution in [0.5, 0.6) is 0 Å². The van der Waals surface area contributed by atoms with Crippen molar-refractivity contribution in [2.75, 3.05) is 7.05 Å². The van der Waals surface area contributed by atoms with E-state index in [1.807, 2.05) is 0 Å². The molecule has 1 aromatic carbocycles. The van der Waals surface area contributed by atoms with Crippen LogP contribution in [-0.2, 0) is 34.3 Å². The second kappa shape index (κ2) is 7.92. The third kappa shape index (κ3) is 5.41. The number of nitrogens with zero attached hydrogens (tertiary/aromatic N) is 2. The smallest absolute Gasteiger partial charge is 0.306 e. The summed E-state index contributed by atoms with van der Waals surface area (Å²) >= 11 is 0. The van der Waals surface area contributed by atoms with Gasteiger partial charge in [0.1, 0.15) is 12.1 Å². The van der Waals surface area contributed by atoms with Crippen molar-refractivity contribution in [1.82, 2.24) is 13.6 Å². The van der Waals surface area contributed by atoms with E-state index >= 15 is 0 Å². The molecule has 0 atom stereocenters. The highest BCUT2D eigenvalue weighted by atomic mass is 32.2. The van der Waals surface area contributed by atoms with Gasteiger partial charge in [-0.1, -0.05) is 30.3 Å². The normalized spacial score (nSPS) is 12.2. The molecule has 0 radical (unpaired) electrons. The number of carbonyl (C=O) groups excluding carboxylic acids is 1. The summed E-state index contributed by atoms with van der Waals surface area (Å²) in [6.07, 6.45) is -3.91. The van der Waals surface area contributed by atoms with Gasteiger partial charge in [0.25, 0.3) is 11.5 Å². The van der Waals surface area contributed by atoms with Gasteiger partial charge in [-0.15, -0.1) is 0 Å². The van der Waals surface area contributed by atoms with Crippen LogP contribution in [0.3, 0.4) is 0 Å². The van der Waals surface area contributed by atoms with Crippen LogP contribution in [0.15, 0.2) is 53.5 Å². The fourth-order valence-electron chi connectivity index (χ4n) is 2.21. The van der Waals surface area contributed by atoms with E-state index in [-0.39, 0.29) is 6.54 Å². The van der Waals surface area contributed by atoms with Crippen molar-refractivity contribution >= 4 is 16.1 Å². The summed E-state index contributed by atoms with van der Waals surface area (Å²) in [6.45, 7) is -0.895. The highest BCUT2D eigenvalue weighted by Crippen LogP contribution is 2.25. The lowest BCUT2D eigenvalue weighted by molar-refractivity contribution is -0.139. The summed E-state index contributed by atoms with van der Waals surface area (Å²) in [7, 11) is -3.00. The van der Waals surface area contributed by atoms with Gasteiger partial charge in [-0.3, -0.25) is 9.59 Å². The van der Waals surface area contributed by atoms with Gasteiger partial charge in [0.05, 0.1) is 0 Å². The van der Waals surface area contributed by atoms with Crippen molar-refractivity contribution in [1.29, 1.82) is 0 Å². The number of halogens is 3. The Morgan fingerprint density at radius 3 is 2.37 bits per heavy atom. The summed E-state index contributed by atoms with van der Waals surface area (Å²) < 4.78 is 65.6. The van der Waals surface area contributed by atoms with Crippen LogP contribution in [0.25, 0.3) is 0 Å². The standard InChI is InChI=1S/C16H16F3N3O4S/c1-21(10-12-6-3-2-4-7-12)27(25,26)20-14(23)11-22-9-5-8-13(15(22)24)16(17,18)19/h2-9H,10-11H2,1H3,(H,20,23). The molecule has 27 heavy (non-hydrogen) atoms. The zero-order chi connectivity index (χ0) is 20.2. The molecule has 1 N–H and O–H groups in total. The number of benzene rings is 1. The van der Waals surface area contributed by atoms with E-state index in [1.165, 1.54) is 7.05 Å². The zero-order valence-electron chi connectivity index (χ0n) is 14.1. The Bertz CT molecular complexity index is 972. The average Bonchev–Trinajstić information content (AvgIpc) is 2.56. The molecule has 0 saturated heterocycles. The number of rotatable bonds is 6. The summed E-state index contributed by atoms with van der Waals surface area (Å²) in [5.41, 5.74) is -2.20. The van der Waals surface area contributed by atoms with Crippen LogP contribution in [0.4, 0.5) is 13.2 Å². The number of hydrogen-bond donors (Lipinski definition) is 1. The van der Waals surface area contributed by atoms with Crippen molar-refractivity contribution in [2.24, 2.45) is 0 Å². The van der Waals surface area contributed by atoms with Crippen LogP contribution >= 0.6 is 0 Å². The fourth-order valence-corrected chi connectivity index (χ4v) is 3.04. The van der Waals surface area contributed by atoms with Crippen molar-refractivity contribution in [3.05, 3.63) is 70.1 Å². The highest BCUT2D eigenvalue weighted by Gasteiger charge is 2.34. The molecule has 2 rings (SSSR count). The topological polar surface area (TPSA) is 88.5 Å². The van der Waals surface area contributed by atoms with E-state index in [0.29, 0.717) is 16.2 Å². The lowest BCUT2D eigenvalue weighted by Crippen LogP contribution is -2.43. The molecular formula is C16H16F3N3O4S. The van der Waals surface area contributed by atoms with Crippen LogP contribution in [-0.4, -0.2) is 30.2 Å². The van der Waals surface area contributed by atoms with E-state index in [4.69, 9.17) is 0 Å². The first kappa shape index (κ1) is 20.6. The molecule has 0 aliphatic carbocycles. The molecule has 1 aromatic heterocycles. The first-order valence-corrected chi connectivity index (χ1v) is 9.02. The molecule has 0 spiro atoms. The number of carbonyl (C=O) groups is 1. The maximum atomic E-state index is 12.7. The molecular weight excluding hydrogens is 387 g/mol. The van der Waals surface area contributed by atoms with E-state index in [1.54, 1.807) is 35.1 Å². The quantitative estimate of drug-likeness (QED) is 0.789. The third-order valence-corrected chi connectivity index (χ3v) is 4.98. The molecule has 1 heterocycles. The summed E-state index contributed by atoms with van der Waals surface area (Å²) in [5.74, 6) is -1.14. The van der Waals surface area contributed by atoms with Gasteiger partial charge < -0.3 is 4.57 Å². The molecule has 0 aliphatic rings. The molecule has 0 fully saturated rings. The molecule has 11 heteroatoms.